The number of nitrogens with two attached hydrogens (primary N) is 1. The Labute approximate surface area is 71.1 Å². The Kier molecular flexibility index (Phi) is 4.78. The van der Waals surface area contributed by atoms with Crippen molar-refractivity contribution in [3.8, 4) is 0 Å². The van der Waals surface area contributed by atoms with Crippen molar-refractivity contribution < 1.29 is 13.6 Å². The van der Waals surface area contributed by atoms with Crippen molar-refractivity contribution in [3.05, 3.63) is 0 Å². The smallest absolute Gasteiger partial charge is 0.248 e. The zero-order valence-electron chi connectivity index (χ0n) is 7.28. The van der Waals surface area contributed by atoms with Gasteiger partial charge in [0.1, 0.15) is 0 Å². The van der Waals surface area contributed by atoms with Crippen molar-refractivity contribution in [1.29, 1.82) is 0 Å². The minimum Gasteiger partial charge on any atom is -0.370 e. The van der Waals surface area contributed by atoms with Crippen LogP contribution in [0.2, 0.25) is 0 Å². The number of carbonyl (C=O) groups is 1. The van der Waals surface area contributed by atoms with E-state index in [9.17, 15) is 13.6 Å². The molecule has 1 aliphatic rings. The average molecular weight is 179 g/mol. The van der Waals surface area contributed by atoms with Gasteiger partial charge in [-0.3, -0.25) is 4.79 Å². The number of halogens is 2. The minimum atomic E-state index is -2.32. The fourth-order valence-corrected chi connectivity index (χ4v) is 1.07. The summed E-state index contributed by atoms with van der Waals surface area (Å²) in [6.45, 7) is 1.31. The molecule has 0 spiro atoms. The minimum absolute atomic E-state index is 0.118. The van der Waals surface area contributed by atoms with Gasteiger partial charge >= 0.3 is 0 Å². The molecule has 0 heterocycles. The van der Waals surface area contributed by atoms with Crippen LogP contribution in [0.15, 0.2) is 0 Å². The Bertz CT molecular complexity index is 136. The maximum atomic E-state index is 12.2. The second-order valence-corrected chi connectivity index (χ2v) is 3.03. The third-order valence-corrected chi connectivity index (χ3v) is 1.59. The van der Waals surface area contributed by atoms with Crippen LogP contribution in [0.5, 0.6) is 0 Å². The van der Waals surface area contributed by atoms with Gasteiger partial charge in [-0.25, -0.2) is 8.78 Å². The average Bonchev–Trinajstić information content (AvgIpc) is 1.85. The van der Waals surface area contributed by atoms with Gasteiger partial charge in [-0.05, 0) is 12.8 Å². The fraction of sp³-hybridized carbons (Fsp3) is 0.875. The molecule has 0 unspecified atom stereocenters. The van der Waals surface area contributed by atoms with Crippen molar-refractivity contribution >= 4 is 5.91 Å². The van der Waals surface area contributed by atoms with Gasteiger partial charge < -0.3 is 5.73 Å². The van der Waals surface area contributed by atoms with E-state index in [1.165, 1.54) is 6.92 Å². The van der Waals surface area contributed by atoms with Gasteiger partial charge in [0.15, 0.2) is 0 Å². The van der Waals surface area contributed by atoms with Crippen molar-refractivity contribution in [3.63, 3.8) is 0 Å². The van der Waals surface area contributed by atoms with Crippen molar-refractivity contribution in [2.24, 2.45) is 5.73 Å². The highest BCUT2D eigenvalue weighted by atomic mass is 19.3. The van der Waals surface area contributed by atoms with E-state index in [1.807, 2.05) is 0 Å². The highest BCUT2D eigenvalue weighted by Gasteiger charge is 2.30. The quantitative estimate of drug-likeness (QED) is 0.607. The lowest BCUT2D eigenvalue weighted by Gasteiger charge is -2.20. The number of rotatable bonds is 0. The van der Waals surface area contributed by atoms with E-state index in [0.717, 1.165) is 6.42 Å². The molecule has 0 saturated heterocycles. The molecular formula is C8H15F2NO. The van der Waals surface area contributed by atoms with Crippen molar-refractivity contribution in [2.75, 3.05) is 0 Å². The molecule has 1 aliphatic carbocycles. The van der Waals surface area contributed by atoms with Crippen molar-refractivity contribution in [2.45, 2.75) is 45.0 Å². The van der Waals surface area contributed by atoms with Gasteiger partial charge in [-0.2, -0.15) is 0 Å². The molecule has 1 fully saturated rings. The summed E-state index contributed by atoms with van der Waals surface area (Å²) in [6, 6.07) is 0. The first-order valence-corrected chi connectivity index (χ1v) is 4.08. The molecule has 1 saturated carbocycles. The normalized spacial score (nSPS) is 20.6. The second kappa shape index (κ2) is 5.06. The Morgan fingerprint density at radius 2 is 1.58 bits per heavy atom. The van der Waals surface area contributed by atoms with Gasteiger partial charge in [0, 0.05) is 19.8 Å². The summed E-state index contributed by atoms with van der Waals surface area (Å²) in [6.07, 6.45) is 2.66. The number of amides is 1. The molecule has 1 rings (SSSR count). The summed E-state index contributed by atoms with van der Waals surface area (Å²) in [5, 5.41) is 0. The second-order valence-electron chi connectivity index (χ2n) is 3.03. The molecule has 2 nitrogen and oxygen atoms in total. The summed E-state index contributed by atoms with van der Waals surface area (Å²) in [5.74, 6) is -2.65. The van der Waals surface area contributed by atoms with E-state index >= 15 is 0 Å². The molecule has 4 heteroatoms. The molecule has 1 amide bonds. The van der Waals surface area contributed by atoms with Gasteiger partial charge in [-0.1, -0.05) is 6.42 Å². The van der Waals surface area contributed by atoms with Gasteiger partial charge in [-0.15, -0.1) is 0 Å². The van der Waals surface area contributed by atoms with Crippen LogP contribution >= 0.6 is 0 Å². The highest BCUT2D eigenvalue weighted by Crippen LogP contribution is 2.32. The number of carbonyl (C=O) groups excluding carboxylic acids is 1. The van der Waals surface area contributed by atoms with Crippen LogP contribution in [-0.2, 0) is 4.79 Å². The molecule has 0 aromatic rings. The molecule has 0 aromatic carbocycles. The number of hydrogen-bond acceptors (Lipinski definition) is 1. The Balaban J connectivity index is 0.000000261. The summed E-state index contributed by atoms with van der Waals surface area (Å²) in [4.78, 5) is 9.22. The molecule has 72 valence electrons. The molecule has 0 aliphatic heterocycles. The van der Waals surface area contributed by atoms with E-state index in [4.69, 9.17) is 0 Å². The summed E-state index contributed by atoms with van der Waals surface area (Å²) in [5.41, 5.74) is 4.47. The van der Waals surface area contributed by atoms with Gasteiger partial charge in [0.2, 0.25) is 11.8 Å². The number of alkyl halides is 2. The maximum Gasteiger partial charge on any atom is 0.248 e. The molecule has 0 bridgehead atoms. The first-order valence-electron chi connectivity index (χ1n) is 4.08. The maximum absolute atomic E-state index is 12.2. The number of hydrogen-bond donors (Lipinski definition) is 1. The molecular weight excluding hydrogens is 164 g/mol. The van der Waals surface area contributed by atoms with Crippen LogP contribution in [0.3, 0.4) is 0 Å². The predicted molar refractivity (Wildman–Crippen MR) is 42.9 cm³/mol. The van der Waals surface area contributed by atoms with E-state index in [-0.39, 0.29) is 18.7 Å². The van der Waals surface area contributed by atoms with Gasteiger partial charge in [0.25, 0.3) is 0 Å². The third-order valence-electron chi connectivity index (χ3n) is 1.59. The first kappa shape index (κ1) is 11.3. The standard InChI is InChI=1S/C6H10F2.C2H5NO/c7-6(8)4-2-1-3-5-6;1-2(3)4/h1-5H2;1H3,(H2,3,4). The van der Waals surface area contributed by atoms with E-state index in [1.54, 1.807) is 0 Å². The molecule has 0 radical (unpaired) electrons. The van der Waals surface area contributed by atoms with Crippen LogP contribution < -0.4 is 5.73 Å². The third kappa shape index (κ3) is 7.44. The van der Waals surface area contributed by atoms with Crippen LogP contribution in [0.4, 0.5) is 8.78 Å². The SMILES string of the molecule is CC(N)=O.FC1(F)CCCCC1. The predicted octanol–water partition coefficient (Wildman–Crippen LogP) is 2.08. The lowest BCUT2D eigenvalue weighted by atomic mass is 9.97. The van der Waals surface area contributed by atoms with E-state index < -0.39 is 5.92 Å². The van der Waals surface area contributed by atoms with Crippen molar-refractivity contribution in [1.82, 2.24) is 0 Å². The Morgan fingerprint density at radius 3 is 1.75 bits per heavy atom. The molecule has 0 aromatic heterocycles. The Morgan fingerprint density at radius 1 is 1.25 bits per heavy atom. The zero-order chi connectivity index (χ0) is 9.61. The van der Waals surface area contributed by atoms with Crippen LogP contribution in [-0.4, -0.2) is 11.8 Å². The Hall–Kier alpha value is -0.670. The van der Waals surface area contributed by atoms with Crippen LogP contribution in [0, 0.1) is 0 Å². The van der Waals surface area contributed by atoms with Crippen LogP contribution in [0.25, 0.3) is 0 Å². The molecule has 0 atom stereocenters. The number of primary amides is 1. The van der Waals surface area contributed by atoms with Gasteiger partial charge in [0.05, 0.1) is 0 Å². The van der Waals surface area contributed by atoms with Crippen LogP contribution in [0.1, 0.15) is 39.0 Å². The molecule has 12 heavy (non-hydrogen) atoms. The summed E-state index contributed by atoms with van der Waals surface area (Å²) >= 11 is 0. The molecule has 2 N–H and O–H groups in total. The first-order chi connectivity index (χ1) is 5.44. The lowest BCUT2D eigenvalue weighted by molar-refractivity contribution is -0.115. The largest absolute Gasteiger partial charge is 0.370 e. The zero-order valence-corrected chi connectivity index (χ0v) is 7.28. The fourth-order valence-electron chi connectivity index (χ4n) is 1.07. The highest BCUT2D eigenvalue weighted by molar-refractivity contribution is 5.70. The van der Waals surface area contributed by atoms with E-state index in [0.29, 0.717) is 12.8 Å². The topological polar surface area (TPSA) is 43.1 Å². The summed E-state index contributed by atoms with van der Waals surface area (Å²) in [7, 11) is 0. The summed E-state index contributed by atoms with van der Waals surface area (Å²) < 4.78 is 24.4. The monoisotopic (exact) mass is 179 g/mol. The lowest BCUT2D eigenvalue weighted by Crippen LogP contribution is -2.18. The van der Waals surface area contributed by atoms with E-state index in [2.05, 4.69) is 5.73 Å².